The van der Waals surface area contributed by atoms with Crippen LogP contribution in [0.25, 0.3) is 0 Å². The van der Waals surface area contributed by atoms with Crippen LogP contribution in [0.5, 0.6) is 0 Å². The zero-order chi connectivity index (χ0) is 15.7. The van der Waals surface area contributed by atoms with Crippen molar-refractivity contribution in [2.75, 3.05) is 0 Å². The lowest BCUT2D eigenvalue weighted by molar-refractivity contribution is 0.0696. The second kappa shape index (κ2) is 8.95. The van der Waals surface area contributed by atoms with Gasteiger partial charge in [-0.3, -0.25) is 0 Å². The smallest absolute Gasteiger partial charge is 0.335 e. The van der Waals surface area contributed by atoms with Gasteiger partial charge in [0.25, 0.3) is 0 Å². The summed E-state index contributed by atoms with van der Waals surface area (Å²) in [6.45, 7) is 1.48. The van der Waals surface area contributed by atoms with E-state index in [1.165, 1.54) is 63.6 Å². The fourth-order valence-corrected chi connectivity index (χ4v) is 2.21. The van der Waals surface area contributed by atoms with Crippen LogP contribution in [0.3, 0.4) is 0 Å². The van der Waals surface area contributed by atoms with E-state index in [-0.39, 0.29) is 16.7 Å². The van der Waals surface area contributed by atoms with Crippen LogP contribution in [0.15, 0.2) is 30.4 Å². The molecule has 21 heavy (non-hydrogen) atoms. The zero-order valence-electron chi connectivity index (χ0n) is 12.3. The van der Waals surface area contributed by atoms with Crippen molar-refractivity contribution < 1.29 is 19.8 Å². The summed E-state index contributed by atoms with van der Waals surface area (Å²) in [5.74, 6) is -2.22. The Morgan fingerprint density at radius 3 is 1.67 bits per heavy atom. The number of carbonyl (C=O) groups is 2. The van der Waals surface area contributed by atoms with Crippen molar-refractivity contribution in [2.45, 2.75) is 45.4 Å². The summed E-state index contributed by atoms with van der Waals surface area (Å²) >= 11 is 0. The molecule has 1 aliphatic rings. The van der Waals surface area contributed by atoms with Gasteiger partial charge in [0, 0.05) is 0 Å². The minimum atomic E-state index is -1.11. The largest absolute Gasteiger partial charge is 0.478 e. The lowest BCUT2D eigenvalue weighted by atomic mass is 10.0. The van der Waals surface area contributed by atoms with E-state index in [0.717, 1.165) is 0 Å². The number of carboxylic acids is 2. The lowest BCUT2D eigenvalue weighted by Crippen LogP contribution is -2.06. The molecule has 0 atom stereocenters. The Bertz CT molecular complexity index is 475. The summed E-state index contributed by atoms with van der Waals surface area (Å²) < 4.78 is 0. The molecule has 0 unspecified atom stereocenters. The van der Waals surface area contributed by atoms with Crippen molar-refractivity contribution in [3.63, 3.8) is 0 Å². The highest BCUT2D eigenvalue weighted by atomic mass is 16.4. The average Bonchev–Trinajstić information content (AvgIpc) is 2.38. The Morgan fingerprint density at radius 1 is 0.857 bits per heavy atom. The second-order valence-corrected chi connectivity index (χ2v) is 5.05. The van der Waals surface area contributed by atoms with Gasteiger partial charge in [0.05, 0.1) is 11.1 Å². The highest BCUT2D eigenvalue weighted by Gasteiger charge is 2.13. The van der Waals surface area contributed by atoms with Gasteiger partial charge in [-0.25, -0.2) is 9.59 Å². The first-order chi connectivity index (χ1) is 10.0. The van der Waals surface area contributed by atoms with Crippen LogP contribution < -0.4 is 0 Å². The summed E-state index contributed by atoms with van der Waals surface area (Å²) in [7, 11) is 0. The first-order valence-electron chi connectivity index (χ1n) is 7.25. The highest BCUT2D eigenvalue weighted by Crippen LogP contribution is 2.13. The molecule has 0 bridgehead atoms. The highest BCUT2D eigenvalue weighted by molar-refractivity contribution is 5.96. The monoisotopic (exact) mass is 290 g/mol. The van der Waals surface area contributed by atoms with Crippen molar-refractivity contribution in [3.8, 4) is 0 Å². The van der Waals surface area contributed by atoms with E-state index in [9.17, 15) is 9.59 Å². The normalized spacial score (nSPS) is 14.3. The molecular formula is C17H22O4. The first kappa shape index (κ1) is 17.0. The van der Waals surface area contributed by atoms with Crippen LogP contribution >= 0.6 is 0 Å². The predicted octanol–water partition coefficient (Wildman–Crippen LogP) is 4.29. The van der Waals surface area contributed by atoms with Gasteiger partial charge in [0.2, 0.25) is 0 Å². The van der Waals surface area contributed by atoms with Crippen LogP contribution in [0.2, 0.25) is 0 Å². The number of benzene rings is 1. The first-order valence-corrected chi connectivity index (χ1v) is 7.25. The van der Waals surface area contributed by atoms with Crippen molar-refractivity contribution in [1.29, 1.82) is 0 Å². The molecule has 0 aromatic heterocycles. The molecule has 1 aromatic rings. The van der Waals surface area contributed by atoms with Gasteiger partial charge in [-0.05, 0) is 50.3 Å². The predicted molar refractivity (Wildman–Crippen MR) is 81.9 cm³/mol. The molecule has 1 aliphatic carbocycles. The molecule has 0 aliphatic heterocycles. The molecule has 4 nitrogen and oxygen atoms in total. The van der Waals surface area contributed by atoms with E-state index in [4.69, 9.17) is 10.2 Å². The number of allylic oxidation sites excluding steroid dienone is 2. The Balaban J connectivity index is 0.000000235. The molecule has 2 N–H and O–H groups in total. The van der Waals surface area contributed by atoms with Gasteiger partial charge < -0.3 is 10.2 Å². The molecule has 0 radical (unpaired) electrons. The minimum absolute atomic E-state index is 0.0277. The SMILES string of the molecule is C1=CCCCCCC1.Cc1c(C(=O)O)cccc1C(=O)O. The quantitative estimate of drug-likeness (QED) is 0.797. The van der Waals surface area contributed by atoms with E-state index >= 15 is 0 Å². The maximum absolute atomic E-state index is 10.6. The Hall–Kier alpha value is -2.10. The van der Waals surface area contributed by atoms with Crippen LogP contribution in [-0.4, -0.2) is 22.2 Å². The third-order valence-corrected chi connectivity index (χ3v) is 3.45. The van der Waals surface area contributed by atoms with Crippen LogP contribution in [-0.2, 0) is 0 Å². The van der Waals surface area contributed by atoms with Crippen LogP contribution in [0.1, 0.15) is 64.8 Å². The van der Waals surface area contributed by atoms with E-state index in [2.05, 4.69) is 12.2 Å². The van der Waals surface area contributed by atoms with Crippen molar-refractivity contribution in [1.82, 2.24) is 0 Å². The molecular weight excluding hydrogens is 268 g/mol. The number of hydrogen-bond acceptors (Lipinski definition) is 2. The molecule has 2 rings (SSSR count). The Kier molecular flexibility index (Phi) is 7.23. The molecule has 0 saturated carbocycles. The van der Waals surface area contributed by atoms with E-state index < -0.39 is 11.9 Å². The topological polar surface area (TPSA) is 74.6 Å². The molecule has 4 heteroatoms. The molecule has 0 heterocycles. The van der Waals surface area contributed by atoms with Gasteiger partial charge in [0.15, 0.2) is 0 Å². The fraction of sp³-hybridized carbons (Fsp3) is 0.412. The Morgan fingerprint density at radius 2 is 1.29 bits per heavy atom. The van der Waals surface area contributed by atoms with Crippen LogP contribution in [0, 0.1) is 6.92 Å². The van der Waals surface area contributed by atoms with Gasteiger partial charge in [-0.15, -0.1) is 0 Å². The lowest BCUT2D eigenvalue weighted by Gasteiger charge is -2.03. The molecule has 0 saturated heterocycles. The molecule has 0 spiro atoms. The summed E-state index contributed by atoms with van der Waals surface area (Å²) in [4.78, 5) is 21.2. The number of hydrogen-bond donors (Lipinski definition) is 2. The second-order valence-electron chi connectivity index (χ2n) is 5.05. The van der Waals surface area contributed by atoms with Crippen molar-refractivity contribution >= 4 is 11.9 Å². The third kappa shape index (κ3) is 5.81. The fourth-order valence-electron chi connectivity index (χ4n) is 2.21. The average molecular weight is 290 g/mol. The summed E-state index contributed by atoms with van der Waals surface area (Å²) in [6.07, 6.45) is 13.0. The van der Waals surface area contributed by atoms with Gasteiger partial charge in [-0.1, -0.05) is 31.1 Å². The minimum Gasteiger partial charge on any atom is -0.478 e. The van der Waals surface area contributed by atoms with Crippen molar-refractivity contribution in [2.24, 2.45) is 0 Å². The van der Waals surface area contributed by atoms with Gasteiger partial charge in [-0.2, -0.15) is 0 Å². The van der Waals surface area contributed by atoms with Crippen molar-refractivity contribution in [3.05, 3.63) is 47.0 Å². The van der Waals surface area contributed by atoms with E-state index in [1.54, 1.807) is 0 Å². The number of rotatable bonds is 2. The van der Waals surface area contributed by atoms with E-state index in [1.807, 2.05) is 0 Å². The van der Waals surface area contributed by atoms with Gasteiger partial charge >= 0.3 is 11.9 Å². The summed E-state index contributed by atoms with van der Waals surface area (Å²) in [5.41, 5.74) is 0.335. The maximum atomic E-state index is 10.6. The number of aromatic carboxylic acids is 2. The molecule has 0 amide bonds. The summed E-state index contributed by atoms with van der Waals surface area (Å²) in [5, 5.41) is 17.4. The third-order valence-electron chi connectivity index (χ3n) is 3.45. The molecule has 1 aromatic carbocycles. The zero-order valence-corrected chi connectivity index (χ0v) is 12.3. The molecule has 0 fully saturated rings. The number of carboxylic acid groups (broad SMARTS) is 2. The Labute approximate surface area is 125 Å². The maximum Gasteiger partial charge on any atom is 0.335 e. The standard InChI is InChI=1S/C9H8O4.C8H14/c1-5-6(8(10)11)3-2-4-7(5)9(12)13;1-2-4-6-8-7-5-3-1/h2-4H,1H3,(H,10,11)(H,12,13);1-2H,3-8H2. The summed E-state index contributed by atoms with van der Waals surface area (Å²) in [6, 6.07) is 4.17. The van der Waals surface area contributed by atoms with Gasteiger partial charge in [0.1, 0.15) is 0 Å². The molecule has 114 valence electrons. The van der Waals surface area contributed by atoms with Crippen LogP contribution in [0.4, 0.5) is 0 Å². The van der Waals surface area contributed by atoms with E-state index in [0.29, 0.717) is 0 Å².